The average molecular weight is 299 g/mol. The standard InChI is InChI=1S/C11H11ClN4O2S/c1-15(14-10(17)8-4-3-5-19-8)7-6-13-16(2)11(18)9(7)12/h3-6H,1-2H3,(H,14,17). The number of aromatic nitrogens is 2. The van der Waals surface area contributed by atoms with E-state index in [4.69, 9.17) is 11.6 Å². The van der Waals surface area contributed by atoms with Crippen LogP contribution in [0.25, 0.3) is 0 Å². The molecule has 2 rings (SSSR count). The van der Waals surface area contributed by atoms with Crippen molar-refractivity contribution in [1.29, 1.82) is 0 Å². The van der Waals surface area contributed by atoms with E-state index in [0.717, 1.165) is 4.68 Å². The maximum absolute atomic E-state index is 11.9. The Morgan fingerprint density at radius 2 is 2.32 bits per heavy atom. The highest BCUT2D eigenvalue weighted by atomic mass is 35.5. The van der Waals surface area contributed by atoms with Crippen LogP contribution in [0.1, 0.15) is 9.67 Å². The van der Waals surface area contributed by atoms with Crippen molar-refractivity contribution in [2.75, 3.05) is 12.1 Å². The summed E-state index contributed by atoms with van der Waals surface area (Å²) < 4.78 is 1.13. The Balaban J connectivity index is 2.21. The van der Waals surface area contributed by atoms with Crippen LogP contribution >= 0.6 is 22.9 Å². The van der Waals surface area contributed by atoms with Crippen molar-refractivity contribution in [3.05, 3.63) is 44.0 Å². The van der Waals surface area contributed by atoms with E-state index in [1.807, 2.05) is 5.38 Å². The maximum atomic E-state index is 11.9. The van der Waals surface area contributed by atoms with Crippen LogP contribution in [-0.4, -0.2) is 22.7 Å². The van der Waals surface area contributed by atoms with Gasteiger partial charge in [-0.1, -0.05) is 17.7 Å². The number of nitrogens with one attached hydrogen (secondary N) is 1. The molecule has 2 aromatic heterocycles. The van der Waals surface area contributed by atoms with Crippen LogP contribution in [0.5, 0.6) is 0 Å². The number of hydrogen-bond donors (Lipinski definition) is 1. The van der Waals surface area contributed by atoms with Gasteiger partial charge in [-0.25, -0.2) is 4.68 Å². The van der Waals surface area contributed by atoms with Crippen molar-refractivity contribution in [2.24, 2.45) is 7.05 Å². The third-order valence-corrected chi connectivity index (χ3v) is 3.66. The molecule has 0 fully saturated rings. The fraction of sp³-hybridized carbons (Fsp3) is 0.182. The molecule has 0 aromatic carbocycles. The van der Waals surface area contributed by atoms with E-state index in [-0.39, 0.29) is 10.9 Å². The number of thiophene rings is 1. The predicted octanol–water partition coefficient (Wildman–Crippen LogP) is 1.28. The van der Waals surface area contributed by atoms with Crippen molar-refractivity contribution >= 4 is 34.5 Å². The zero-order valence-corrected chi connectivity index (χ0v) is 11.8. The molecule has 0 aliphatic heterocycles. The number of hydrazine groups is 1. The minimum Gasteiger partial charge on any atom is -0.285 e. The third-order valence-electron chi connectivity index (χ3n) is 2.44. The van der Waals surface area contributed by atoms with Crippen LogP contribution in [0.3, 0.4) is 0 Å². The van der Waals surface area contributed by atoms with Gasteiger partial charge in [0, 0.05) is 14.1 Å². The van der Waals surface area contributed by atoms with Gasteiger partial charge in [-0.2, -0.15) is 5.10 Å². The summed E-state index contributed by atoms with van der Waals surface area (Å²) in [6.45, 7) is 0. The van der Waals surface area contributed by atoms with Gasteiger partial charge in [0.1, 0.15) is 10.7 Å². The number of amides is 1. The predicted molar refractivity (Wildman–Crippen MR) is 74.7 cm³/mol. The highest BCUT2D eigenvalue weighted by Crippen LogP contribution is 2.18. The van der Waals surface area contributed by atoms with Crippen molar-refractivity contribution in [3.63, 3.8) is 0 Å². The molecular formula is C11H11ClN4O2S. The molecule has 0 bridgehead atoms. The molecule has 1 N–H and O–H groups in total. The lowest BCUT2D eigenvalue weighted by molar-refractivity contribution is 0.0955. The van der Waals surface area contributed by atoms with E-state index < -0.39 is 5.56 Å². The van der Waals surface area contributed by atoms with E-state index in [1.165, 1.54) is 29.6 Å². The molecule has 0 unspecified atom stereocenters. The second kappa shape index (κ2) is 5.41. The molecule has 2 heterocycles. The van der Waals surface area contributed by atoms with Crippen LogP contribution in [0.4, 0.5) is 5.69 Å². The summed E-state index contributed by atoms with van der Waals surface area (Å²) in [5.74, 6) is -0.269. The molecule has 8 heteroatoms. The zero-order chi connectivity index (χ0) is 14.0. The van der Waals surface area contributed by atoms with Crippen molar-refractivity contribution < 1.29 is 4.79 Å². The Labute approximate surface area is 118 Å². The second-order valence-corrected chi connectivity index (χ2v) is 5.08. The number of aryl methyl sites for hydroxylation is 1. The third kappa shape index (κ3) is 2.77. The van der Waals surface area contributed by atoms with Gasteiger partial charge in [-0.05, 0) is 11.4 Å². The first kappa shape index (κ1) is 13.6. The molecule has 0 atom stereocenters. The molecular weight excluding hydrogens is 288 g/mol. The maximum Gasteiger partial charge on any atom is 0.287 e. The van der Waals surface area contributed by atoms with Gasteiger partial charge in [0.25, 0.3) is 11.5 Å². The molecule has 0 saturated carbocycles. The van der Waals surface area contributed by atoms with Crippen LogP contribution < -0.4 is 16.0 Å². The molecule has 0 radical (unpaired) electrons. The number of carbonyl (C=O) groups excluding carboxylic acids is 1. The zero-order valence-electron chi connectivity index (χ0n) is 10.3. The summed E-state index contributed by atoms with van der Waals surface area (Å²) in [7, 11) is 3.09. The van der Waals surface area contributed by atoms with E-state index in [9.17, 15) is 9.59 Å². The SMILES string of the molecule is CN(NC(=O)c1cccs1)c1cnn(C)c(=O)c1Cl. The fourth-order valence-electron chi connectivity index (χ4n) is 1.41. The fourth-order valence-corrected chi connectivity index (χ4v) is 2.32. The van der Waals surface area contributed by atoms with Crippen molar-refractivity contribution in [2.45, 2.75) is 0 Å². The van der Waals surface area contributed by atoms with Crippen LogP contribution in [-0.2, 0) is 7.05 Å². The first-order valence-electron chi connectivity index (χ1n) is 5.30. The quantitative estimate of drug-likeness (QED) is 0.867. The van der Waals surface area contributed by atoms with E-state index >= 15 is 0 Å². The first-order chi connectivity index (χ1) is 9.00. The highest BCUT2D eigenvalue weighted by Gasteiger charge is 2.14. The normalized spacial score (nSPS) is 10.3. The molecule has 6 nitrogen and oxygen atoms in total. The summed E-state index contributed by atoms with van der Waals surface area (Å²) in [5, 5.41) is 7.05. The number of nitrogens with zero attached hydrogens (tertiary/aromatic N) is 3. The number of anilines is 1. The molecule has 1 amide bonds. The number of carbonyl (C=O) groups is 1. The smallest absolute Gasteiger partial charge is 0.285 e. The Morgan fingerprint density at radius 1 is 1.58 bits per heavy atom. The Hall–Kier alpha value is -1.86. The van der Waals surface area contributed by atoms with Crippen LogP contribution in [0.2, 0.25) is 5.02 Å². The average Bonchev–Trinajstić information content (AvgIpc) is 2.89. The van der Waals surface area contributed by atoms with Gasteiger partial charge in [-0.3, -0.25) is 20.0 Å². The van der Waals surface area contributed by atoms with Crippen LogP contribution in [0.15, 0.2) is 28.5 Å². The lowest BCUT2D eigenvalue weighted by Gasteiger charge is -2.20. The molecule has 0 aliphatic rings. The lowest BCUT2D eigenvalue weighted by atomic mass is 10.4. The second-order valence-electron chi connectivity index (χ2n) is 3.75. The number of rotatable bonds is 3. The summed E-state index contributed by atoms with van der Waals surface area (Å²) in [5.41, 5.74) is 2.54. The minimum atomic E-state index is -0.420. The van der Waals surface area contributed by atoms with E-state index in [1.54, 1.807) is 19.2 Å². The van der Waals surface area contributed by atoms with Gasteiger partial charge >= 0.3 is 0 Å². The first-order valence-corrected chi connectivity index (χ1v) is 6.56. The molecule has 100 valence electrons. The summed E-state index contributed by atoms with van der Waals surface area (Å²) in [6.07, 6.45) is 1.42. The van der Waals surface area contributed by atoms with Gasteiger partial charge in [0.05, 0.1) is 11.1 Å². The van der Waals surface area contributed by atoms with Crippen molar-refractivity contribution in [3.8, 4) is 0 Å². The summed E-state index contributed by atoms with van der Waals surface area (Å²) in [6, 6.07) is 3.49. The monoisotopic (exact) mass is 298 g/mol. The Morgan fingerprint density at radius 3 is 2.95 bits per heavy atom. The van der Waals surface area contributed by atoms with E-state index in [2.05, 4.69) is 10.5 Å². The molecule has 0 saturated heterocycles. The van der Waals surface area contributed by atoms with Gasteiger partial charge < -0.3 is 0 Å². The molecule has 0 spiro atoms. The van der Waals surface area contributed by atoms with E-state index in [0.29, 0.717) is 10.6 Å². The summed E-state index contributed by atoms with van der Waals surface area (Å²) >= 11 is 7.26. The Kier molecular flexibility index (Phi) is 3.87. The number of hydrogen-bond acceptors (Lipinski definition) is 5. The summed E-state index contributed by atoms with van der Waals surface area (Å²) in [4.78, 5) is 24.1. The molecule has 2 aromatic rings. The van der Waals surface area contributed by atoms with Gasteiger partial charge in [0.2, 0.25) is 0 Å². The lowest BCUT2D eigenvalue weighted by Crippen LogP contribution is -2.40. The topological polar surface area (TPSA) is 67.2 Å². The Bertz CT molecular complexity index is 653. The largest absolute Gasteiger partial charge is 0.287 e. The van der Waals surface area contributed by atoms with Gasteiger partial charge in [0.15, 0.2) is 0 Å². The van der Waals surface area contributed by atoms with Gasteiger partial charge in [-0.15, -0.1) is 11.3 Å². The molecule has 0 aliphatic carbocycles. The molecule has 19 heavy (non-hydrogen) atoms. The minimum absolute atomic E-state index is 0.00600. The van der Waals surface area contributed by atoms with Crippen LogP contribution in [0, 0.1) is 0 Å². The number of halogens is 1. The van der Waals surface area contributed by atoms with Crippen molar-refractivity contribution in [1.82, 2.24) is 15.2 Å². The highest BCUT2D eigenvalue weighted by molar-refractivity contribution is 7.12.